The molecule has 0 spiro atoms. The Morgan fingerprint density at radius 2 is 1.73 bits per heavy atom. The predicted molar refractivity (Wildman–Crippen MR) is 176 cm³/mol. The third-order valence-electron chi connectivity index (χ3n) is 7.20. The van der Waals surface area contributed by atoms with Crippen molar-refractivity contribution < 1.29 is 28.9 Å². The Kier molecular flexibility index (Phi) is 10.7. The summed E-state index contributed by atoms with van der Waals surface area (Å²) >= 11 is 2.71. The van der Waals surface area contributed by atoms with E-state index in [1.807, 2.05) is 37.3 Å². The zero-order valence-electron chi connectivity index (χ0n) is 25.4. The monoisotopic (exact) mass is 645 g/mol. The van der Waals surface area contributed by atoms with Crippen LogP contribution in [0.25, 0.3) is 5.76 Å². The summed E-state index contributed by atoms with van der Waals surface area (Å²) < 4.78 is 17.9. The van der Waals surface area contributed by atoms with E-state index in [2.05, 4.69) is 17.1 Å². The molecular weight excluding hydrogens is 611 g/mol. The van der Waals surface area contributed by atoms with Gasteiger partial charge in [0.05, 0.1) is 31.9 Å². The van der Waals surface area contributed by atoms with Crippen molar-refractivity contribution in [3.8, 4) is 17.2 Å². The Hall–Kier alpha value is -4.35. The first-order valence-corrected chi connectivity index (χ1v) is 16.6. The third kappa shape index (κ3) is 7.32. The number of ketones is 1. The van der Waals surface area contributed by atoms with Crippen LogP contribution in [0.3, 0.4) is 0 Å². The number of aromatic nitrogens is 2. The Bertz CT molecular complexity index is 1660. The number of nitrogens with zero attached hydrogens (tertiary/aromatic N) is 3. The summed E-state index contributed by atoms with van der Waals surface area (Å²) in [5, 5.41) is 20.4. The van der Waals surface area contributed by atoms with Crippen molar-refractivity contribution in [2.24, 2.45) is 0 Å². The number of carbonyl (C=O) groups excluding carboxylic acids is 2. The van der Waals surface area contributed by atoms with Gasteiger partial charge in [-0.2, -0.15) is 0 Å². The molecule has 0 saturated carbocycles. The maximum atomic E-state index is 13.7. The van der Waals surface area contributed by atoms with Crippen LogP contribution in [0.15, 0.2) is 82.7 Å². The standard InChI is InChI=1S/C34H35N3O6S2/c1-4-6-10-19-43-26-18-15-24(20-27(26)42-5-2)29-28(30(38)23-13-16-25(41-3)17-14-23)31(39)32(40)37(29)33-35-36-34(45-33)44-21-22-11-8-7-9-12-22/h7-9,11-18,20,29,38H,4-6,10,19,21H2,1-3H3/b30-28+. The number of hydrogen-bond donors (Lipinski definition) is 1. The number of rotatable bonds is 14. The second-order valence-corrected chi connectivity index (χ2v) is 12.4. The first kappa shape index (κ1) is 32.1. The molecule has 1 saturated heterocycles. The number of aliphatic hydroxyl groups excluding tert-OH is 1. The van der Waals surface area contributed by atoms with Crippen LogP contribution in [-0.2, 0) is 15.3 Å². The fourth-order valence-electron chi connectivity index (χ4n) is 4.94. The smallest absolute Gasteiger partial charge is 0.301 e. The summed E-state index contributed by atoms with van der Waals surface area (Å²) in [6.07, 6.45) is 3.04. The van der Waals surface area contributed by atoms with Crippen LogP contribution in [0.1, 0.15) is 55.8 Å². The molecule has 0 bridgehead atoms. The molecular formula is C34H35N3O6S2. The second-order valence-electron chi connectivity index (χ2n) is 10.2. The van der Waals surface area contributed by atoms with E-state index in [9.17, 15) is 14.7 Å². The lowest BCUT2D eigenvalue weighted by molar-refractivity contribution is -0.132. The molecule has 4 aromatic rings. The summed E-state index contributed by atoms with van der Waals surface area (Å²) in [6.45, 7) is 4.93. The largest absolute Gasteiger partial charge is 0.507 e. The second kappa shape index (κ2) is 15.1. The van der Waals surface area contributed by atoms with Gasteiger partial charge in [-0.05, 0) is 60.9 Å². The molecule has 5 rings (SSSR count). The van der Waals surface area contributed by atoms with Crippen molar-refractivity contribution in [1.82, 2.24) is 10.2 Å². The molecule has 1 N–H and O–H groups in total. The Morgan fingerprint density at radius 1 is 0.956 bits per heavy atom. The zero-order chi connectivity index (χ0) is 31.8. The van der Waals surface area contributed by atoms with Gasteiger partial charge in [0.25, 0.3) is 5.78 Å². The molecule has 1 fully saturated rings. The SMILES string of the molecule is CCCCCOc1ccc(C2/C(=C(\O)c3ccc(OC)cc3)C(=O)C(=O)N2c2nnc(SCc3ccccc3)s2)cc1OCC. The fraction of sp³-hybridized carbons (Fsp3) is 0.294. The van der Waals surface area contributed by atoms with Gasteiger partial charge < -0.3 is 19.3 Å². The minimum absolute atomic E-state index is 0.0575. The Labute approximate surface area is 270 Å². The highest BCUT2D eigenvalue weighted by Crippen LogP contribution is 2.45. The van der Waals surface area contributed by atoms with Crippen LogP contribution >= 0.6 is 23.1 Å². The van der Waals surface area contributed by atoms with Gasteiger partial charge in [-0.1, -0.05) is 79.3 Å². The molecule has 45 heavy (non-hydrogen) atoms. The van der Waals surface area contributed by atoms with Crippen molar-refractivity contribution in [2.45, 2.75) is 49.2 Å². The van der Waals surface area contributed by atoms with Gasteiger partial charge in [-0.25, -0.2) is 0 Å². The van der Waals surface area contributed by atoms with Crippen LogP contribution in [0.2, 0.25) is 0 Å². The number of carbonyl (C=O) groups is 2. The summed E-state index contributed by atoms with van der Waals surface area (Å²) in [5.74, 6) is 0.395. The van der Waals surface area contributed by atoms with Crippen molar-refractivity contribution >= 4 is 45.7 Å². The molecule has 2 heterocycles. The molecule has 9 nitrogen and oxygen atoms in total. The van der Waals surface area contributed by atoms with Gasteiger partial charge in [0.15, 0.2) is 15.8 Å². The molecule has 1 amide bonds. The number of ether oxygens (including phenoxy) is 3. The van der Waals surface area contributed by atoms with Crippen LogP contribution in [0, 0.1) is 0 Å². The molecule has 0 aliphatic carbocycles. The number of unbranched alkanes of at least 4 members (excludes halogenated alkanes) is 2. The van der Waals surface area contributed by atoms with Gasteiger partial charge >= 0.3 is 5.91 Å². The van der Waals surface area contributed by atoms with Crippen LogP contribution in [0.4, 0.5) is 5.13 Å². The number of amides is 1. The molecule has 234 valence electrons. The number of methoxy groups -OCH3 is 1. The first-order valence-electron chi connectivity index (χ1n) is 14.8. The van der Waals surface area contributed by atoms with Gasteiger partial charge in [0, 0.05) is 11.3 Å². The number of hydrogen-bond acceptors (Lipinski definition) is 10. The van der Waals surface area contributed by atoms with E-state index in [-0.39, 0.29) is 16.5 Å². The fourth-order valence-corrected chi connectivity index (χ4v) is 6.77. The predicted octanol–water partition coefficient (Wildman–Crippen LogP) is 7.43. The number of Topliss-reactive ketones (excluding diaryl/α,β-unsaturated/α-hetero) is 1. The van der Waals surface area contributed by atoms with E-state index in [4.69, 9.17) is 14.2 Å². The Morgan fingerprint density at radius 3 is 2.44 bits per heavy atom. The van der Waals surface area contributed by atoms with Gasteiger partial charge in [0.1, 0.15) is 11.5 Å². The normalized spacial score (nSPS) is 15.8. The molecule has 11 heteroatoms. The highest BCUT2D eigenvalue weighted by Gasteiger charge is 2.48. The number of aliphatic hydroxyl groups is 1. The van der Waals surface area contributed by atoms with Crippen molar-refractivity contribution in [3.63, 3.8) is 0 Å². The third-order valence-corrected chi connectivity index (χ3v) is 9.33. The van der Waals surface area contributed by atoms with Crippen molar-refractivity contribution in [2.75, 3.05) is 25.2 Å². The number of benzene rings is 3. The van der Waals surface area contributed by atoms with Crippen LogP contribution in [0.5, 0.6) is 17.2 Å². The van der Waals surface area contributed by atoms with Crippen molar-refractivity contribution in [1.29, 1.82) is 0 Å². The maximum Gasteiger partial charge on any atom is 0.301 e. The average molecular weight is 646 g/mol. The molecule has 1 atom stereocenters. The van der Waals surface area contributed by atoms with E-state index in [0.29, 0.717) is 51.7 Å². The minimum Gasteiger partial charge on any atom is -0.507 e. The number of anilines is 1. The lowest BCUT2D eigenvalue weighted by Crippen LogP contribution is -2.29. The highest BCUT2D eigenvalue weighted by molar-refractivity contribution is 8.00. The summed E-state index contributed by atoms with van der Waals surface area (Å²) in [6, 6.07) is 20.9. The molecule has 0 radical (unpaired) electrons. The summed E-state index contributed by atoms with van der Waals surface area (Å²) in [5.41, 5.74) is 2.00. The topological polar surface area (TPSA) is 111 Å². The van der Waals surface area contributed by atoms with Crippen LogP contribution in [-0.4, -0.2) is 47.3 Å². The summed E-state index contributed by atoms with van der Waals surface area (Å²) in [7, 11) is 1.54. The molecule has 1 aliphatic rings. The Balaban J connectivity index is 1.56. The zero-order valence-corrected chi connectivity index (χ0v) is 27.0. The van der Waals surface area contributed by atoms with E-state index in [1.165, 1.54) is 28.0 Å². The van der Waals surface area contributed by atoms with Crippen molar-refractivity contribution in [3.05, 3.63) is 95.1 Å². The van der Waals surface area contributed by atoms with E-state index < -0.39 is 17.7 Å². The van der Waals surface area contributed by atoms with Gasteiger partial charge in [-0.15, -0.1) is 10.2 Å². The minimum atomic E-state index is -0.986. The molecule has 3 aromatic carbocycles. The first-order chi connectivity index (χ1) is 21.9. The number of thioether (sulfide) groups is 1. The summed E-state index contributed by atoms with van der Waals surface area (Å²) in [4.78, 5) is 28.7. The molecule has 1 aromatic heterocycles. The average Bonchev–Trinajstić information content (AvgIpc) is 3.64. The van der Waals surface area contributed by atoms with E-state index >= 15 is 0 Å². The molecule has 1 aliphatic heterocycles. The lowest BCUT2D eigenvalue weighted by Gasteiger charge is -2.23. The molecule has 1 unspecified atom stereocenters. The quantitative estimate of drug-likeness (QED) is 0.0374. The van der Waals surface area contributed by atoms with E-state index in [1.54, 1.807) is 49.6 Å². The highest BCUT2D eigenvalue weighted by atomic mass is 32.2. The van der Waals surface area contributed by atoms with E-state index in [0.717, 1.165) is 24.8 Å². The lowest BCUT2D eigenvalue weighted by atomic mass is 9.95. The van der Waals surface area contributed by atoms with Crippen LogP contribution < -0.4 is 19.1 Å². The van der Waals surface area contributed by atoms with Gasteiger partial charge in [-0.3, -0.25) is 14.5 Å². The van der Waals surface area contributed by atoms with Gasteiger partial charge in [0.2, 0.25) is 5.13 Å². The maximum absolute atomic E-state index is 13.7.